The molecule has 1 N–H and O–H groups in total. The minimum Gasteiger partial charge on any atom is -0.481 e. The van der Waals surface area contributed by atoms with Gasteiger partial charge >= 0.3 is 5.97 Å². The summed E-state index contributed by atoms with van der Waals surface area (Å²) in [6.07, 6.45) is 0.533. The van der Waals surface area contributed by atoms with Crippen molar-refractivity contribution >= 4 is 23.1 Å². The van der Waals surface area contributed by atoms with Crippen LogP contribution in [0.4, 0.5) is 0 Å². The molecular weight excluding hydrogens is 382 g/mol. The summed E-state index contributed by atoms with van der Waals surface area (Å²) in [6, 6.07) is 17.7. The Balaban J connectivity index is 1.62. The first-order valence-corrected chi connectivity index (χ1v) is 10.6. The van der Waals surface area contributed by atoms with Crippen molar-refractivity contribution in [1.82, 2.24) is 4.98 Å². The van der Waals surface area contributed by atoms with Crippen molar-refractivity contribution in [2.45, 2.75) is 39.0 Å². The number of carbonyl (C=O) groups is 2. The maximum atomic E-state index is 12.5. The quantitative estimate of drug-likeness (QED) is 0.517. The minimum absolute atomic E-state index is 0.0141. The average molecular weight is 408 g/mol. The molecular formula is C24H25NO3S. The molecule has 0 radical (unpaired) electrons. The summed E-state index contributed by atoms with van der Waals surface area (Å²) in [4.78, 5) is 28.7. The van der Waals surface area contributed by atoms with E-state index in [9.17, 15) is 14.7 Å². The first-order chi connectivity index (χ1) is 13.9. The molecule has 0 aliphatic heterocycles. The molecule has 5 heteroatoms. The number of Topliss-reactive ketones (excluding diaryl/α,β-unsaturated/α-hetero) is 1. The van der Waals surface area contributed by atoms with Gasteiger partial charge in [0.2, 0.25) is 0 Å². The molecule has 0 bridgehead atoms. The average Bonchev–Trinajstić information content (AvgIpc) is 3.16. The standard InChI is InChI=1S/C24H25NO3S/c1-16(2)18-8-10-19(11-9-18)23-25-21(15-29-23)14-22(26)13-20(24(27)28)12-17-6-4-3-5-7-17/h3-11,15-16,20H,12-14H2,1-2H3,(H,27,28)/t20-/m1/s1. The summed E-state index contributed by atoms with van der Waals surface area (Å²) in [7, 11) is 0. The number of ketones is 1. The summed E-state index contributed by atoms with van der Waals surface area (Å²) in [6.45, 7) is 4.31. The van der Waals surface area contributed by atoms with Gasteiger partial charge in [0.15, 0.2) is 0 Å². The van der Waals surface area contributed by atoms with E-state index in [0.717, 1.165) is 16.1 Å². The van der Waals surface area contributed by atoms with Gasteiger partial charge in [-0.2, -0.15) is 0 Å². The van der Waals surface area contributed by atoms with E-state index in [1.54, 1.807) is 0 Å². The van der Waals surface area contributed by atoms with Crippen molar-refractivity contribution in [3.05, 3.63) is 76.8 Å². The number of aliphatic carboxylic acids is 1. The number of rotatable bonds is 9. The van der Waals surface area contributed by atoms with Gasteiger partial charge in [-0.1, -0.05) is 68.4 Å². The molecule has 0 fully saturated rings. The Bertz CT molecular complexity index is 961. The lowest BCUT2D eigenvalue weighted by Crippen LogP contribution is -2.21. The van der Waals surface area contributed by atoms with E-state index in [0.29, 0.717) is 18.0 Å². The lowest BCUT2D eigenvalue weighted by Gasteiger charge is -2.11. The predicted molar refractivity (Wildman–Crippen MR) is 116 cm³/mol. The molecule has 0 amide bonds. The molecule has 150 valence electrons. The summed E-state index contributed by atoms with van der Waals surface area (Å²) in [5.41, 5.74) is 3.93. The van der Waals surface area contributed by atoms with Gasteiger partial charge in [-0.25, -0.2) is 4.98 Å². The Hall–Kier alpha value is -2.79. The molecule has 3 rings (SSSR count). The maximum Gasteiger partial charge on any atom is 0.307 e. The Morgan fingerprint density at radius 3 is 2.34 bits per heavy atom. The number of benzene rings is 2. The lowest BCUT2D eigenvalue weighted by molar-refractivity contribution is -0.143. The van der Waals surface area contributed by atoms with Crippen LogP contribution in [0.1, 0.15) is 43.0 Å². The van der Waals surface area contributed by atoms with Crippen molar-refractivity contribution < 1.29 is 14.7 Å². The highest BCUT2D eigenvalue weighted by atomic mass is 32.1. The predicted octanol–water partition coefficient (Wildman–Crippen LogP) is 5.38. The number of thiazole rings is 1. The Labute approximate surface area is 175 Å². The largest absolute Gasteiger partial charge is 0.481 e. The van der Waals surface area contributed by atoms with E-state index >= 15 is 0 Å². The third-order valence-corrected chi connectivity index (χ3v) is 5.84. The lowest BCUT2D eigenvalue weighted by atomic mass is 9.93. The molecule has 3 aromatic rings. The van der Waals surface area contributed by atoms with Crippen LogP contribution in [-0.2, 0) is 22.4 Å². The molecule has 0 spiro atoms. The van der Waals surface area contributed by atoms with Gasteiger partial charge < -0.3 is 5.11 Å². The highest BCUT2D eigenvalue weighted by molar-refractivity contribution is 7.13. The first-order valence-electron chi connectivity index (χ1n) is 9.75. The van der Waals surface area contributed by atoms with Crippen LogP contribution in [0.15, 0.2) is 60.0 Å². The zero-order valence-corrected chi connectivity index (χ0v) is 17.5. The second-order valence-corrected chi connectivity index (χ2v) is 8.42. The van der Waals surface area contributed by atoms with Crippen LogP contribution in [-0.4, -0.2) is 21.8 Å². The van der Waals surface area contributed by atoms with Crippen molar-refractivity contribution in [2.75, 3.05) is 0 Å². The molecule has 0 saturated heterocycles. The molecule has 1 atom stereocenters. The molecule has 1 heterocycles. The maximum absolute atomic E-state index is 12.5. The smallest absolute Gasteiger partial charge is 0.307 e. The summed E-state index contributed by atoms with van der Waals surface area (Å²) >= 11 is 1.51. The van der Waals surface area contributed by atoms with Gasteiger partial charge in [-0.15, -0.1) is 11.3 Å². The zero-order valence-electron chi connectivity index (χ0n) is 16.7. The van der Waals surface area contributed by atoms with Gasteiger partial charge in [0.05, 0.1) is 11.6 Å². The molecule has 0 unspecified atom stereocenters. The number of carboxylic acids is 1. The fourth-order valence-electron chi connectivity index (χ4n) is 3.23. The van der Waals surface area contributed by atoms with Gasteiger partial charge in [0.1, 0.15) is 10.8 Å². The SMILES string of the molecule is CC(C)c1ccc(-c2nc(CC(=O)C[C@@H](Cc3ccccc3)C(=O)O)cs2)cc1. The topological polar surface area (TPSA) is 67.3 Å². The zero-order chi connectivity index (χ0) is 20.8. The van der Waals surface area contributed by atoms with E-state index in [-0.39, 0.29) is 18.6 Å². The normalized spacial score (nSPS) is 12.1. The number of carboxylic acid groups (broad SMARTS) is 1. The monoisotopic (exact) mass is 407 g/mol. The van der Waals surface area contributed by atoms with Crippen molar-refractivity contribution in [2.24, 2.45) is 5.92 Å². The second kappa shape index (κ2) is 9.61. The van der Waals surface area contributed by atoms with Crippen LogP contribution < -0.4 is 0 Å². The number of nitrogens with zero attached hydrogens (tertiary/aromatic N) is 1. The van der Waals surface area contributed by atoms with Crippen LogP contribution in [0.25, 0.3) is 10.6 Å². The van der Waals surface area contributed by atoms with Crippen molar-refractivity contribution in [3.63, 3.8) is 0 Å². The van der Waals surface area contributed by atoms with E-state index in [4.69, 9.17) is 0 Å². The van der Waals surface area contributed by atoms with Crippen molar-refractivity contribution in [3.8, 4) is 10.6 Å². The van der Waals surface area contributed by atoms with E-state index in [2.05, 4.69) is 43.1 Å². The van der Waals surface area contributed by atoms with Crippen molar-refractivity contribution in [1.29, 1.82) is 0 Å². The highest BCUT2D eigenvalue weighted by Gasteiger charge is 2.22. The highest BCUT2D eigenvalue weighted by Crippen LogP contribution is 2.26. The Kier molecular flexibility index (Phi) is 6.94. The number of hydrogen-bond donors (Lipinski definition) is 1. The van der Waals surface area contributed by atoms with Gasteiger partial charge in [-0.05, 0) is 23.5 Å². The third kappa shape index (κ3) is 5.84. The fourth-order valence-corrected chi connectivity index (χ4v) is 4.05. The Morgan fingerprint density at radius 1 is 1.03 bits per heavy atom. The summed E-state index contributed by atoms with van der Waals surface area (Å²) < 4.78 is 0. The number of carbonyl (C=O) groups excluding carboxylic acids is 1. The molecule has 4 nitrogen and oxygen atoms in total. The number of aromatic nitrogens is 1. The van der Waals surface area contributed by atoms with Gasteiger partial charge in [0.25, 0.3) is 0 Å². The minimum atomic E-state index is -0.939. The van der Waals surface area contributed by atoms with Crippen LogP contribution in [0.3, 0.4) is 0 Å². The molecule has 2 aromatic carbocycles. The van der Waals surface area contributed by atoms with E-state index < -0.39 is 11.9 Å². The van der Waals surface area contributed by atoms with Gasteiger partial charge in [-0.3, -0.25) is 9.59 Å². The first kappa shape index (κ1) is 20.9. The Morgan fingerprint density at radius 2 is 1.72 bits per heavy atom. The van der Waals surface area contributed by atoms with Gasteiger partial charge in [0, 0.05) is 23.8 Å². The second-order valence-electron chi connectivity index (χ2n) is 7.57. The fraction of sp³-hybridized carbons (Fsp3) is 0.292. The van der Waals surface area contributed by atoms with Crippen LogP contribution in [0.5, 0.6) is 0 Å². The number of hydrogen-bond acceptors (Lipinski definition) is 4. The molecule has 0 aliphatic carbocycles. The molecule has 29 heavy (non-hydrogen) atoms. The third-order valence-electron chi connectivity index (χ3n) is 4.90. The van der Waals surface area contributed by atoms with Crippen LogP contribution >= 0.6 is 11.3 Å². The van der Waals surface area contributed by atoms with Crippen LogP contribution in [0, 0.1) is 5.92 Å². The summed E-state index contributed by atoms with van der Waals surface area (Å²) in [5, 5.41) is 12.3. The van der Waals surface area contributed by atoms with Crippen LogP contribution in [0.2, 0.25) is 0 Å². The molecule has 1 aromatic heterocycles. The summed E-state index contributed by atoms with van der Waals surface area (Å²) in [5.74, 6) is -1.27. The van der Waals surface area contributed by atoms with E-state index in [1.165, 1.54) is 16.9 Å². The molecule has 0 saturated carbocycles. The molecule has 0 aliphatic rings. The van der Waals surface area contributed by atoms with E-state index in [1.807, 2.05) is 35.7 Å².